The number of rotatable bonds is 5. The van der Waals surface area contributed by atoms with Crippen LogP contribution in [0, 0.1) is 0 Å². The quantitative estimate of drug-likeness (QED) is 0.587. The van der Waals surface area contributed by atoms with Crippen molar-refractivity contribution in [1.29, 1.82) is 0 Å². The molecule has 3 aromatic rings. The van der Waals surface area contributed by atoms with E-state index in [-0.39, 0.29) is 17.9 Å². The lowest BCUT2D eigenvalue weighted by atomic mass is 10.1. The summed E-state index contributed by atoms with van der Waals surface area (Å²) >= 11 is 1.45. The molecule has 0 bridgehead atoms. The average Bonchev–Trinajstić information content (AvgIpc) is 3.51. The first-order chi connectivity index (χ1) is 14.6. The number of nitrogens with zero attached hydrogens (tertiary/aromatic N) is 4. The molecule has 0 N–H and O–H groups in total. The third-order valence-corrected chi connectivity index (χ3v) is 6.77. The van der Waals surface area contributed by atoms with Crippen LogP contribution >= 0.6 is 11.3 Å². The summed E-state index contributed by atoms with van der Waals surface area (Å²) in [5.41, 5.74) is 3.02. The smallest absolute Gasteiger partial charge is 0.264 e. The predicted octanol–water partition coefficient (Wildman–Crippen LogP) is 3.42. The maximum absolute atomic E-state index is 13.3. The second-order valence-corrected chi connectivity index (χ2v) is 8.55. The van der Waals surface area contributed by atoms with Crippen LogP contribution in [0.15, 0.2) is 52.8 Å². The molecule has 8 heteroatoms. The number of furan rings is 1. The van der Waals surface area contributed by atoms with Crippen LogP contribution in [-0.4, -0.2) is 52.8 Å². The number of carbonyl (C=O) groups excluding carboxylic acids is 2. The number of piperazine rings is 1. The van der Waals surface area contributed by atoms with Gasteiger partial charge < -0.3 is 9.32 Å². The Morgan fingerprint density at radius 3 is 2.67 bits per heavy atom. The predicted molar refractivity (Wildman–Crippen MR) is 114 cm³/mol. The molecule has 7 nitrogen and oxygen atoms in total. The van der Waals surface area contributed by atoms with E-state index in [0.29, 0.717) is 11.1 Å². The number of imide groups is 1. The molecule has 154 valence electrons. The molecule has 2 aliphatic heterocycles. The maximum atomic E-state index is 13.3. The number of fused-ring (bicyclic) bond motifs is 1. The van der Waals surface area contributed by atoms with E-state index in [0.717, 1.165) is 49.0 Å². The minimum absolute atomic E-state index is 0.228. The minimum Gasteiger partial charge on any atom is -0.472 e. The molecule has 1 aromatic carbocycles. The van der Waals surface area contributed by atoms with Crippen LogP contribution in [0.2, 0.25) is 0 Å². The van der Waals surface area contributed by atoms with Gasteiger partial charge in [-0.05, 0) is 25.1 Å². The Labute approximate surface area is 178 Å². The van der Waals surface area contributed by atoms with Gasteiger partial charge in [-0.25, -0.2) is 4.98 Å². The molecule has 30 heavy (non-hydrogen) atoms. The van der Waals surface area contributed by atoms with Crippen LogP contribution in [0.5, 0.6) is 0 Å². The molecule has 0 aliphatic carbocycles. The van der Waals surface area contributed by atoms with Crippen LogP contribution in [0.3, 0.4) is 0 Å². The van der Waals surface area contributed by atoms with Gasteiger partial charge in [-0.15, -0.1) is 11.3 Å². The fourth-order valence-corrected chi connectivity index (χ4v) is 4.92. The number of amides is 2. The zero-order valence-corrected chi connectivity index (χ0v) is 17.5. The van der Waals surface area contributed by atoms with Crippen LogP contribution in [0.1, 0.15) is 44.3 Å². The zero-order valence-electron chi connectivity index (χ0n) is 16.7. The highest BCUT2D eigenvalue weighted by Gasteiger charge is 2.42. The topological polar surface area (TPSA) is 69.9 Å². The molecule has 0 radical (unpaired) electrons. The second kappa shape index (κ2) is 7.70. The summed E-state index contributed by atoms with van der Waals surface area (Å²) in [5, 5.41) is 2.62. The summed E-state index contributed by atoms with van der Waals surface area (Å²) in [7, 11) is 0. The largest absolute Gasteiger partial charge is 0.472 e. The fourth-order valence-electron chi connectivity index (χ4n) is 4.24. The van der Waals surface area contributed by atoms with Gasteiger partial charge in [0.2, 0.25) is 0 Å². The zero-order chi connectivity index (χ0) is 20.7. The highest BCUT2D eigenvalue weighted by atomic mass is 32.1. The maximum Gasteiger partial charge on any atom is 0.264 e. The van der Waals surface area contributed by atoms with Gasteiger partial charge in [0, 0.05) is 49.9 Å². The van der Waals surface area contributed by atoms with Crippen molar-refractivity contribution in [3.05, 3.63) is 70.1 Å². The Balaban J connectivity index is 1.36. The van der Waals surface area contributed by atoms with Gasteiger partial charge in [-0.3, -0.25) is 19.4 Å². The number of carbonyl (C=O) groups is 2. The van der Waals surface area contributed by atoms with Gasteiger partial charge in [0.25, 0.3) is 11.8 Å². The molecule has 4 heterocycles. The van der Waals surface area contributed by atoms with E-state index in [2.05, 4.69) is 14.8 Å². The van der Waals surface area contributed by atoms with Crippen molar-refractivity contribution in [2.75, 3.05) is 31.1 Å². The normalized spacial score (nSPS) is 18.2. The van der Waals surface area contributed by atoms with E-state index in [1.165, 1.54) is 16.2 Å². The average molecular weight is 423 g/mol. The van der Waals surface area contributed by atoms with Crippen LogP contribution in [0.25, 0.3) is 0 Å². The summed E-state index contributed by atoms with van der Waals surface area (Å²) in [4.78, 5) is 36.6. The number of hydrogen-bond acceptors (Lipinski definition) is 7. The Hall–Kier alpha value is -2.97. The van der Waals surface area contributed by atoms with Crippen molar-refractivity contribution in [1.82, 2.24) is 14.8 Å². The highest BCUT2D eigenvalue weighted by molar-refractivity contribution is 7.09. The number of anilines is 1. The summed E-state index contributed by atoms with van der Waals surface area (Å²) in [6.45, 7) is 6.09. The number of aromatic nitrogens is 1. The van der Waals surface area contributed by atoms with Gasteiger partial charge in [0.05, 0.1) is 35.4 Å². The lowest BCUT2D eigenvalue weighted by molar-refractivity contribution is 0.0595. The Bertz CT molecular complexity index is 1060. The molecule has 5 rings (SSSR count). The molecule has 1 saturated heterocycles. The Morgan fingerprint density at radius 2 is 1.97 bits per heavy atom. The Kier molecular flexibility index (Phi) is 4.88. The molecule has 0 saturated carbocycles. The van der Waals surface area contributed by atoms with Crippen molar-refractivity contribution in [2.24, 2.45) is 0 Å². The molecular weight excluding hydrogens is 400 g/mol. The molecule has 0 spiro atoms. The van der Waals surface area contributed by atoms with Crippen molar-refractivity contribution in [3.8, 4) is 0 Å². The lowest BCUT2D eigenvalue weighted by Crippen LogP contribution is -2.46. The molecule has 2 aliphatic rings. The van der Waals surface area contributed by atoms with E-state index in [4.69, 9.17) is 4.42 Å². The first kappa shape index (κ1) is 19.0. The third-order valence-electron chi connectivity index (χ3n) is 5.82. The molecule has 1 atom stereocenters. The molecule has 2 amide bonds. The summed E-state index contributed by atoms with van der Waals surface area (Å²) in [5.74, 6) is -0.465. The molecule has 1 unspecified atom stereocenters. The number of thiazole rings is 1. The SMILES string of the molecule is CC(c1nccs1)N1C(=O)c2cccc(N3CCN(Cc4ccoc4)CC3)c2C1=O. The van der Waals surface area contributed by atoms with Gasteiger partial charge in [0.1, 0.15) is 5.01 Å². The van der Waals surface area contributed by atoms with Crippen LogP contribution in [-0.2, 0) is 6.54 Å². The van der Waals surface area contributed by atoms with Gasteiger partial charge in [0.15, 0.2) is 0 Å². The van der Waals surface area contributed by atoms with Crippen molar-refractivity contribution in [3.63, 3.8) is 0 Å². The third kappa shape index (κ3) is 3.22. The Morgan fingerprint density at radius 1 is 1.13 bits per heavy atom. The second-order valence-electron chi connectivity index (χ2n) is 7.62. The number of hydrogen-bond donors (Lipinski definition) is 0. The lowest BCUT2D eigenvalue weighted by Gasteiger charge is -2.36. The van der Waals surface area contributed by atoms with Gasteiger partial charge in [-0.2, -0.15) is 0 Å². The first-order valence-electron chi connectivity index (χ1n) is 10.0. The van der Waals surface area contributed by atoms with E-state index >= 15 is 0 Å². The van der Waals surface area contributed by atoms with E-state index < -0.39 is 0 Å². The molecule has 2 aromatic heterocycles. The number of benzene rings is 1. The highest BCUT2D eigenvalue weighted by Crippen LogP contribution is 2.37. The standard InChI is InChI=1S/C22H22N4O3S/c1-15(20-23-6-12-30-20)26-21(27)17-3-2-4-18(19(17)22(26)28)25-9-7-24(8-10-25)13-16-5-11-29-14-16/h2-6,11-12,14-15H,7-10,13H2,1H3. The molecular formula is C22H22N4O3S. The van der Waals surface area contributed by atoms with E-state index in [9.17, 15) is 9.59 Å². The monoisotopic (exact) mass is 422 g/mol. The van der Waals surface area contributed by atoms with E-state index in [1.54, 1.807) is 24.8 Å². The van der Waals surface area contributed by atoms with Crippen molar-refractivity contribution >= 4 is 28.8 Å². The van der Waals surface area contributed by atoms with Crippen LogP contribution in [0.4, 0.5) is 5.69 Å². The molecule has 1 fully saturated rings. The van der Waals surface area contributed by atoms with Crippen molar-refractivity contribution < 1.29 is 14.0 Å². The fraction of sp³-hybridized carbons (Fsp3) is 0.318. The van der Waals surface area contributed by atoms with Gasteiger partial charge in [-0.1, -0.05) is 6.07 Å². The van der Waals surface area contributed by atoms with Crippen molar-refractivity contribution in [2.45, 2.75) is 19.5 Å². The van der Waals surface area contributed by atoms with Gasteiger partial charge >= 0.3 is 0 Å². The van der Waals surface area contributed by atoms with Crippen LogP contribution < -0.4 is 4.90 Å². The summed E-state index contributed by atoms with van der Waals surface area (Å²) < 4.78 is 5.16. The summed E-state index contributed by atoms with van der Waals surface area (Å²) in [6, 6.07) is 7.18. The first-order valence-corrected chi connectivity index (χ1v) is 10.9. The minimum atomic E-state index is -0.378. The summed E-state index contributed by atoms with van der Waals surface area (Å²) in [6.07, 6.45) is 5.17. The van der Waals surface area contributed by atoms with E-state index in [1.807, 2.05) is 30.5 Å².